The lowest BCUT2D eigenvalue weighted by Crippen LogP contribution is -2.64. The van der Waals surface area contributed by atoms with Gasteiger partial charge in [0.15, 0.2) is 0 Å². The Kier molecular flexibility index (Phi) is 20.1. The zero-order chi connectivity index (χ0) is 43.6. The number of ether oxygens (including phenoxy) is 5. The zero-order valence-corrected chi connectivity index (χ0v) is 36.8. The predicted molar refractivity (Wildman–Crippen MR) is 229 cm³/mol. The summed E-state index contributed by atoms with van der Waals surface area (Å²) in [5, 5.41) is 39.0. The zero-order valence-electron chi connectivity index (χ0n) is 36.8. The molecule has 3 aliphatic heterocycles. The van der Waals surface area contributed by atoms with Crippen molar-refractivity contribution in [2.24, 2.45) is 34.7 Å². The Hall–Kier alpha value is -2.98. The monoisotopic (exact) mass is 849 g/mol. The molecule has 1 aliphatic carbocycles. The molecule has 3 fully saturated rings. The van der Waals surface area contributed by atoms with Gasteiger partial charge >= 0.3 is 5.97 Å². The third-order valence-electron chi connectivity index (χ3n) is 13.1. The summed E-state index contributed by atoms with van der Waals surface area (Å²) in [6, 6.07) is -1.12. The van der Waals surface area contributed by atoms with E-state index in [-0.39, 0.29) is 57.1 Å². The van der Waals surface area contributed by atoms with Gasteiger partial charge in [-0.1, -0.05) is 57.2 Å². The minimum absolute atomic E-state index is 0. The molecule has 2 saturated heterocycles. The Morgan fingerprint density at radius 3 is 2.25 bits per heavy atom. The number of hydrogen-bond donors (Lipinski definition) is 3. The number of esters is 1. The fourth-order valence-corrected chi connectivity index (χ4v) is 9.66. The van der Waals surface area contributed by atoms with Crippen molar-refractivity contribution in [3.8, 4) is 0 Å². The Morgan fingerprint density at radius 1 is 0.950 bits per heavy atom. The predicted octanol–water partition coefficient (Wildman–Crippen LogP) is 5.71. The molecule has 1 saturated carbocycles. The number of carbonyl (C=O) groups excluding carboxylic acids is 3. The Balaban J connectivity index is 0.00000961. The number of ketones is 1. The van der Waals surface area contributed by atoms with Gasteiger partial charge in [0.25, 0.3) is 11.7 Å². The van der Waals surface area contributed by atoms with Crippen LogP contribution in [0.5, 0.6) is 0 Å². The topological polar surface area (TPSA) is 183 Å². The molecule has 4 rings (SSSR count). The highest BCUT2D eigenvalue weighted by atomic mass is 16.7. The van der Waals surface area contributed by atoms with Crippen molar-refractivity contribution in [2.75, 3.05) is 35.0 Å². The molecule has 14 heteroatoms. The summed E-state index contributed by atoms with van der Waals surface area (Å²) >= 11 is 0. The van der Waals surface area contributed by atoms with E-state index in [1.54, 1.807) is 34.3 Å². The molecule has 0 aromatic heterocycles. The molecule has 342 valence electrons. The van der Waals surface area contributed by atoms with Crippen LogP contribution >= 0.6 is 0 Å². The van der Waals surface area contributed by atoms with Gasteiger partial charge in [0, 0.05) is 52.0 Å². The fourth-order valence-electron chi connectivity index (χ4n) is 9.66. The Labute approximate surface area is 358 Å². The molecule has 3 N–H and O–H groups in total. The molecule has 60 heavy (non-hydrogen) atoms. The summed E-state index contributed by atoms with van der Waals surface area (Å²) in [6.07, 6.45) is 6.23. The second-order valence-electron chi connectivity index (χ2n) is 17.6. The standard InChI is InChI=1S/C45H72N2O12.CH4/c1-11-14-32-20-26(2)19-27(3)21-38(55-8)41-39(56-9)23-29(5)45(53,59-41)42(50)43(51)47-18-13-12-15-34(47)44(52)58-40(30(6)36(49)25-33(32)46-57-10)28(4)22-31-16-17-35(48)37(24-31)54-7;/h11,20,22,27,29-32,34-41,48-49,53H,1,12-19,21,23-25H2,2-10H3;1H4/b26-20+,28-22+,46-33-;/t27-,29+,30+,31-,32+,34-,35+,36-,37+,38-,39-,40+,41+,45+;/m0./s1. The molecule has 0 unspecified atom stereocenters. The SMILES string of the molecule is C.C=CC[C@@H]1/C=C(\C)C[C@H](C)C[C@H](OC)[C@H]2O[C@@](O)(C(=O)C(=O)N3CCCC[C@H]3C(=O)O[C@H](/C(C)=C/[C@@H]3CC[C@@H](O)[C@H](OC)C3)[C@H](C)[C@@H](O)C/C1=N/OC)[C@H](C)C[C@@H]2OC. The van der Waals surface area contributed by atoms with Crippen molar-refractivity contribution in [3.63, 3.8) is 0 Å². The summed E-state index contributed by atoms with van der Waals surface area (Å²) in [5.41, 5.74) is 2.36. The molecule has 0 spiro atoms. The first kappa shape index (κ1) is 51.4. The highest BCUT2D eigenvalue weighted by molar-refractivity contribution is 6.39. The van der Waals surface area contributed by atoms with Crippen LogP contribution in [0.15, 0.2) is 41.1 Å². The number of cyclic esters (lactones) is 1. The minimum atomic E-state index is -2.50. The van der Waals surface area contributed by atoms with Gasteiger partial charge in [0.05, 0.1) is 36.2 Å². The van der Waals surface area contributed by atoms with Crippen LogP contribution in [0.4, 0.5) is 0 Å². The number of hydrogen-bond acceptors (Lipinski definition) is 13. The average Bonchev–Trinajstić information content (AvgIpc) is 3.21. The number of aliphatic hydroxyl groups is 3. The summed E-state index contributed by atoms with van der Waals surface area (Å²) < 4.78 is 30.0. The molecule has 3 heterocycles. The summed E-state index contributed by atoms with van der Waals surface area (Å²) in [7, 11) is 6.13. The number of fused-ring (bicyclic) bond motifs is 3. The van der Waals surface area contributed by atoms with Crippen LogP contribution in [-0.4, -0.2) is 133 Å². The molecule has 14 atom stereocenters. The lowest BCUT2D eigenvalue weighted by atomic mass is 9.81. The average molecular weight is 849 g/mol. The second-order valence-corrected chi connectivity index (χ2v) is 17.6. The van der Waals surface area contributed by atoms with E-state index in [1.165, 1.54) is 12.0 Å². The van der Waals surface area contributed by atoms with Crippen molar-refractivity contribution in [1.29, 1.82) is 0 Å². The molecule has 14 nitrogen and oxygen atoms in total. The second kappa shape index (κ2) is 23.5. The first-order valence-electron chi connectivity index (χ1n) is 21.5. The van der Waals surface area contributed by atoms with Gasteiger partial charge in [-0.25, -0.2) is 4.79 Å². The third-order valence-corrected chi connectivity index (χ3v) is 13.1. The molecule has 0 radical (unpaired) electrons. The van der Waals surface area contributed by atoms with Crippen LogP contribution in [0.1, 0.15) is 113 Å². The first-order chi connectivity index (χ1) is 28.0. The van der Waals surface area contributed by atoms with E-state index in [9.17, 15) is 29.7 Å². The maximum Gasteiger partial charge on any atom is 0.329 e. The highest BCUT2D eigenvalue weighted by Gasteiger charge is 2.56. The number of rotatable bonds is 8. The third kappa shape index (κ3) is 12.4. The number of oxime groups is 1. The van der Waals surface area contributed by atoms with Crippen molar-refractivity contribution in [3.05, 3.63) is 36.0 Å². The van der Waals surface area contributed by atoms with E-state index >= 15 is 0 Å². The molecule has 4 aliphatic rings. The number of nitrogens with zero attached hydrogens (tertiary/aromatic N) is 2. The smallest absolute Gasteiger partial charge is 0.329 e. The van der Waals surface area contributed by atoms with E-state index in [2.05, 4.69) is 24.7 Å². The summed E-state index contributed by atoms with van der Waals surface area (Å²) in [5.74, 6) is -7.07. The van der Waals surface area contributed by atoms with Crippen molar-refractivity contribution >= 4 is 23.4 Å². The Bertz CT molecular complexity index is 1530. The van der Waals surface area contributed by atoms with Gasteiger partial charge in [0.1, 0.15) is 25.4 Å². The molecule has 0 aromatic carbocycles. The molecule has 2 bridgehead atoms. The number of allylic oxidation sites excluding steroid dienone is 4. The van der Waals surface area contributed by atoms with Crippen LogP contribution in [-0.2, 0) is 42.9 Å². The number of Topliss-reactive ketones (excluding diaryl/α,β-unsaturated/α-hetero) is 1. The van der Waals surface area contributed by atoms with E-state index in [0.29, 0.717) is 62.7 Å². The maximum absolute atomic E-state index is 14.4. The van der Waals surface area contributed by atoms with Crippen LogP contribution in [0, 0.1) is 29.6 Å². The molecule has 0 aromatic rings. The summed E-state index contributed by atoms with van der Waals surface area (Å²) in [4.78, 5) is 49.5. The van der Waals surface area contributed by atoms with Gasteiger partial charge in [-0.3, -0.25) is 9.59 Å². The van der Waals surface area contributed by atoms with Crippen molar-refractivity contribution < 1.29 is 58.2 Å². The first-order valence-corrected chi connectivity index (χ1v) is 21.5. The normalized spacial score (nSPS) is 39.9. The van der Waals surface area contributed by atoms with Gasteiger partial charge in [-0.2, -0.15) is 0 Å². The largest absolute Gasteiger partial charge is 0.456 e. The molecular formula is C46H76N2O12. The lowest BCUT2D eigenvalue weighted by Gasteiger charge is -2.47. The number of amides is 1. The number of methoxy groups -OCH3 is 3. The molecule has 1 amide bonds. The van der Waals surface area contributed by atoms with Crippen LogP contribution < -0.4 is 0 Å². The summed E-state index contributed by atoms with van der Waals surface area (Å²) in [6.45, 7) is 13.5. The Morgan fingerprint density at radius 2 is 1.62 bits per heavy atom. The van der Waals surface area contributed by atoms with Gasteiger partial charge in [-0.15, -0.1) is 6.58 Å². The lowest BCUT2D eigenvalue weighted by molar-refractivity contribution is -0.302. The van der Waals surface area contributed by atoms with E-state index < -0.39 is 77.9 Å². The van der Waals surface area contributed by atoms with Crippen molar-refractivity contribution in [2.45, 2.75) is 167 Å². The molecular weight excluding hydrogens is 773 g/mol. The van der Waals surface area contributed by atoms with Crippen LogP contribution in [0.3, 0.4) is 0 Å². The van der Waals surface area contributed by atoms with Crippen molar-refractivity contribution in [1.82, 2.24) is 4.90 Å². The highest BCUT2D eigenvalue weighted by Crippen LogP contribution is 2.39. The number of carbonyl (C=O) groups is 3. The van der Waals surface area contributed by atoms with Gasteiger partial charge < -0.3 is 48.7 Å². The van der Waals surface area contributed by atoms with Gasteiger partial charge in [0.2, 0.25) is 5.79 Å². The minimum Gasteiger partial charge on any atom is -0.456 e. The van der Waals surface area contributed by atoms with Crippen LogP contribution in [0.25, 0.3) is 0 Å². The van der Waals surface area contributed by atoms with Gasteiger partial charge in [-0.05, 0) is 95.5 Å². The van der Waals surface area contributed by atoms with E-state index in [4.69, 9.17) is 28.5 Å². The number of piperidine rings is 1. The quantitative estimate of drug-likeness (QED) is 0.117. The number of aliphatic hydroxyl groups excluding tert-OH is 2. The van der Waals surface area contributed by atoms with E-state index in [0.717, 1.165) is 5.57 Å². The van der Waals surface area contributed by atoms with E-state index in [1.807, 2.05) is 26.8 Å². The maximum atomic E-state index is 14.4. The fraction of sp³-hybridized carbons (Fsp3) is 0.783. The van der Waals surface area contributed by atoms with Crippen LogP contribution in [0.2, 0.25) is 0 Å².